The molecule has 0 aromatic rings. The first kappa shape index (κ1) is 16.7. The molecule has 5 heteroatoms. The fourth-order valence-corrected chi connectivity index (χ4v) is 3.43. The van der Waals surface area contributed by atoms with E-state index in [0.717, 1.165) is 38.6 Å². The quantitative estimate of drug-likeness (QED) is 0.827. The Balaban J connectivity index is 1.84. The van der Waals surface area contributed by atoms with Crippen LogP contribution in [-0.2, 0) is 4.79 Å². The van der Waals surface area contributed by atoms with E-state index in [1.54, 1.807) is 4.90 Å². The fourth-order valence-electron chi connectivity index (χ4n) is 3.43. The highest BCUT2D eigenvalue weighted by atomic mass is 16.3. The van der Waals surface area contributed by atoms with Gasteiger partial charge in [-0.2, -0.15) is 0 Å². The molecular weight excluding hydrogens is 266 g/mol. The zero-order valence-electron chi connectivity index (χ0n) is 14.0. The summed E-state index contributed by atoms with van der Waals surface area (Å²) in [5.41, 5.74) is -0.510. The summed E-state index contributed by atoms with van der Waals surface area (Å²) in [6.07, 6.45) is 2.07. The van der Waals surface area contributed by atoms with Gasteiger partial charge >= 0.3 is 0 Å². The summed E-state index contributed by atoms with van der Waals surface area (Å²) >= 11 is 0. The van der Waals surface area contributed by atoms with Gasteiger partial charge in [0.1, 0.15) is 0 Å². The number of β-amino-alcohol motifs (C(OH)–C–C–N with tert-alkyl or cyclic N) is 1. The molecule has 0 radical (unpaired) electrons. The van der Waals surface area contributed by atoms with Crippen LogP contribution in [0.25, 0.3) is 0 Å². The van der Waals surface area contributed by atoms with Gasteiger partial charge in [-0.25, -0.2) is 0 Å². The third-order valence-corrected chi connectivity index (χ3v) is 5.14. The minimum atomic E-state index is -0.510. The Hall–Kier alpha value is -0.650. The van der Waals surface area contributed by atoms with E-state index in [2.05, 4.69) is 16.7 Å². The summed E-state index contributed by atoms with van der Waals surface area (Å²) in [7, 11) is 1.85. The van der Waals surface area contributed by atoms with Crippen molar-refractivity contribution in [2.24, 2.45) is 5.92 Å². The molecule has 0 aliphatic carbocycles. The van der Waals surface area contributed by atoms with E-state index < -0.39 is 5.54 Å². The maximum absolute atomic E-state index is 12.3. The third-order valence-electron chi connectivity index (χ3n) is 5.14. The summed E-state index contributed by atoms with van der Waals surface area (Å²) in [5, 5.41) is 10.4. The van der Waals surface area contributed by atoms with Gasteiger partial charge in [-0.3, -0.25) is 9.69 Å². The van der Waals surface area contributed by atoms with Crippen molar-refractivity contribution in [3.63, 3.8) is 0 Å². The Kier molecular flexibility index (Phi) is 5.28. The maximum atomic E-state index is 12.3. The lowest BCUT2D eigenvalue weighted by molar-refractivity contribution is -0.148. The summed E-state index contributed by atoms with van der Waals surface area (Å²) in [4.78, 5) is 18.5. The smallest absolute Gasteiger partial charge is 0.242 e. The molecule has 0 spiro atoms. The van der Waals surface area contributed by atoms with Gasteiger partial charge in [-0.15, -0.1) is 0 Å². The largest absolute Gasteiger partial charge is 0.390 e. The topological polar surface area (TPSA) is 47.0 Å². The molecule has 1 unspecified atom stereocenters. The lowest BCUT2D eigenvalue weighted by atomic mass is 9.96. The summed E-state index contributed by atoms with van der Waals surface area (Å²) in [6.45, 7) is 11.3. The molecule has 2 heterocycles. The molecule has 0 aromatic heterocycles. The molecule has 0 aromatic carbocycles. The normalized spacial score (nSPS) is 27.1. The number of aliphatic hydroxyl groups is 1. The molecule has 2 fully saturated rings. The number of aliphatic hydroxyl groups excluding tert-OH is 1. The van der Waals surface area contributed by atoms with Crippen molar-refractivity contribution in [2.75, 3.05) is 46.3 Å². The van der Waals surface area contributed by atoms with E-state index in [-0.39, 0.29) is 12.0 Å². The fraction of sp³-hybridized carbons (Fsp3) is 0.938. The second-order valence-electron chi connectivity index (χ2n) is 7.37. The zero-order chi connectivity index (χ0) is 15.6. The first-order valence-corrected chi connectivity index (χ1v) is 8.21. The van der Waals surface area contributed by atoms with Gasteiger partial charge in [0.15, 0.2) is 0 Å². The van der Waals surface area contributed by atoms with Gasteiger partial charge in [-0.05, 0) is 45.7 Å². The van der Waals surface area contributed by atoms with Crippen molar-refractivity contribution in [3.8, 4) is 0 Å². The van der Waals surface area contributed by atoms with E-state index in [1.165, 1.54) is 12.8 Å². The number of nitrogens with zero attached hydrogens (tertiary/aromatic N) is 3. The average Bonchev–Trinajstić information content (AvgIpc) is 2.43. The molecule has 0 saturated carbocycles. The summed E-state index contributed by atoms with van der Waals surface area (Å²) < 4.78 is 0. The lowest BCUT2D eigenvalue weighted by Gasteiger charge is -2.45. The Labute approximate surface area is 128 Å². The van der Waals surface area contributed by atoms with Crippen LogP contribution in [0.15, 0.2) is 0 Å². The van der Waals surface area contributed by atoms with Crippen LogP contribution in [0.4, 0.5) is 0 Å². The van der Waals surface area contributed by atoms with E-state index in [0.29, 0.717) is 6.54 Å². The number of likely N-dealkylation sites (tertiary alicyclic amines) is 1. The zero-order valence-corrected chi connectivity index (χ0v) is 14.0. The lowest BCUT2D eigenvalue weighted by Crippen LogP contribution is -2.63. The number of carbonyl (C=O) groups excluding carboxylic acids is 1. The SMILES string of the molecule is CC1CCN(CC(O)CN2CCN(C)C(=O)C2(C)C)CC1. The van der Waals surface area contributed by atoms with Crippen LogP contribution in [0.5, 0.6) is 0 Å². The number of hydrogen-bond donors (Lipinski definition) is 1. The molecule has 1 N–H and O–H groups in total. The Morgan fingerprint density at radius 1 is 1.19 bits per heavy atom. The van der Waals surface area contributed by atoms with Crippen molar-refractivity contribution in [2.45, 2.75) is 45.3 Å². The minimum Gasteiger partial charge on any atom is -0.390 e. The number of hydrogen-bond acceptors (Lipinski definition) is 4. The Morgan fingerprint density at radius 2 is 1.81 bits per heavy atom. The first-order chi connectivity index (χ1) is 9.80. The summed E-state index contributed by atoms with van der Waals surface area (Å²) in [6, 6.07) is 0. The second kappa shape index (κ2) is 6.63. The molecule has 122 valence electrons. The van der Waals surface area contributed by atoms with Crippen LogP contribution in [-0.4, -0.2) is 83.7 Å². The van der Waals surface area contributed by atoms with Crippen molar-refractivity contribution in [1.82, 2.24) is 14.7 Å². The van der Waals surface area contributed by atoms with Crippen LogP contribution in [0, 0.1) is 5.92 Å². The molecule has 5 nitrogen and oxygen atoms in total. The molecule has 2 rings (SSSR count). The number of piperidine rings is 1. The first-order valence-electron chi connectivity index (χ1n) is 8.21. The van der Waals surface area contributed by atoms with Crippen LogP contribution in [0.2, 0.25) is 0 Å². The van der Waals surface area contributed by atoms with Crippen LogP contribution in [0.1, 0.15) is 33.6 Å². The van der Waals surface area contributed by atoms with Gasteiger partial charge in [0.25, 0.3) is 0 Å². The molecule has 1 amide bonds. The molecule has 0 bridgehead atoms. The highest BCUT2D eigenvalue weighted by molar-refractivity contribution is 5.86. The number of likely N-dealkylation sites (N-methyl/N-ethyl adjacent to an activating group) is 1. The molecule has 2 aliphatic rings. The van der Waals surface area contributed by atoms with Crippen LogP contribution < -0.4 is 0 Å². The van der Waals surface area contributed by atoms with Gasteiger partial charge in [0.05, 0.1) is 11.6 Å². The number of carbonyl (C=O) groups is 1. The molecule has 1 atom stereocenters. The Morgan fingerprint density at radius 3 is 2.43 bits per heavy atom. The van der Waals surface area contributed by atoms with E-state index in [4.69, 9.17) is 0 Å². The van der Waals surface area contributed by atoms with Crippen molar-refractivity contribution in [3.05, 3.63) is 0 Å². The summed E-state index contributed by atoms with van der Waals surface area (Å²) in [5.74, 6) is 0.959. The van der Waals surface area contributed by atoms with Gasteiger partial charge in [-0.1, -0.05) is 6.92 Å². The highest BCUT2D eigenvalue weighted by Gasteiger charge is 2.41. The van der Waals surface area contributed by atoms with Gasteiger partial charge < -0.3 is 14.9 Å². The molecular formula is C16H31N3O2. The van der Waals surface area contributed by atoms with Crippen LogP contribution in [0.3, 0.4) is 0 Å². The monoisotopic (exact) mass is 297 g/mol. The Bertz CT molecular complexity index is 365. The number of amides is 1. The second-order valence-corrected chi connectivity index (χ2v) is 7.37. The average molecular weight is 297 g/mol. The molecule has 2 saturated heterocycles. The van der Waals surface area contributed by atoms with E-state index in [1.807, 2.05) is 20.9 Å². The van der Waals surface area contributed by atoms with Crippen molar-refractivity contribution >= 4 is 5.91 Å². The van der Waals surface area contributed by atoms with E-state index >= 15 is 0 Å². The number of piperazine rings is 1. The van der Waals surface area contributed by atoms with Gasteiger partial charge in [0, 0.05) is 33.2 Å². The standard InChI is InChI=1S/C16H31N3O2/c1-13-5-7-18(8-6-13)11-14(20)12-19-10-9-17(4)15(21)16(19,2)3/h13-14,20H,5-12H2,1-4H3. The van der Waals surface area contributed by atoms with Crippen LogP contribution >= 0.6 is 0 Å². The minimum absolute atomic E-state index is 0.146. The number of rotatable bonds is 4. The van der Waals surface area contributed by atoms with Crippen molar-refractivity contribution in [1.29, 1.82) is 0 Å². The third kappa shape index (κ3) is 3.96. The van der Waals surface area contributed by atoms with Crippen molar-refractivity contribution < 1.29 is 9.90 Å². The molecule has 2 aliphatic heterocycles. The highest BCUT2D eigenvalue weighted by Crippen LogP contribution is 2.22. The van der Waals surface area contributed by atoms with Gasteiger partial charge in [0.2, 0.25) is 5.91 Å². The molecule has 21 heavy (non-hydrogen) atoms. The maximum Gasteiger partial charge on any atom is 0.242 e. The van der Waals surface area contributed by atoms with E-state index in [9.17, 15) is 9.90 Å². The predicted octanol–water partition coefficient (Wildman–Crippen LogP) is 0.632. The predicted molar refractivity (Wildman–Crippen MR) is 84.1 cm³/mol.